The van der Waals surface area contributed by atoms with Crippen molar-refractivity contribution >= 4 is 35.0 Å². The Labute approximate surface area is 121 Å². The highest BCUT2D eigenvalue weighted by Gasteiger charge is 2.04. The van der Waals surface area contributed by atoms with Gasteiger partial charge in [0.15, 0.2) is 0 Å². The van der Waals surface area contributed by atoms with Crippen molar-refractivity contribution in [1.29, 1.82) is 0 Å². The standard InChI is InChI=1S/C15H13ClN2O2/c16-11-4-7-14(19)13(9-11)18-15(20)8-3-10-1-5-12(17)6-2-10/h1-9,19H,17H2,(H,18,20)/b8-3+. The second kappa shape index (κ2) is 6.12. The van der Waals surface area contributed by atoms with E-state index in [0.717, 1.165) is 5.56 Å². The molecule has 0 aliphatic rings. The van der Waals surface area contributed by atoms with Crippen LogP contribution in [0.5, 0.6) is 5.75 Å². The highest BCUT2D eigenvalue weighted by atomic mass is 35.5. The minimum Gasteiger partial charge on any atom is -0.506 e. The molecule has 0 aliphatic heterocycles. The number of anilines is 2. The van der Waals surface area contributed by atoms with Gasteiger partial charge in [-0.1, -0.05) is 23.7 Å². The molecular weight excluding hydrogens is 276 g/mol. The minimum absolute atomic E-state index is 0.0383. The lowest BCUT2D eigenvalue weighted by molar-refractivity contribution is -0.111. The van der Waals surface area contributed by atoms with E-state index in [0.29, 0.717) is 10.7 Å². The fourth-order valence-corrected chi connectivity index (χ4v) is 1.73. The number of nitrogens with one attached hydrogen (secondary N) is 1. The summed E-state index contributed by atoms with van der Waals surface area (Å²) in [4.78, 5) is 11.7. The average Bonchev–Trinajstić information content (AvgIpc) is 2.42. The van der Waals surface area contributed by atoms with Crippen molar-refractivity contribution < 1.29 is 9.90 Å². The molecule has 0 radical (unpaired) electrons. The Morgan fingerprint density at radius 1 is 1.20 bits per heavy atom. The molecule has 1 amide bonds. The number of phenolic OH excluding ortho intramolecular Hbond substituents is 1. The van der Waals surface area contributed by atoms with E-state index in [2.05, 4.69) is 5.32 Å². The Bertz CT molecular complexity index is 651. The van der Waals surface area contributed by atoms with Crippen LogP contribution in [0.1, 0.15) is 5.56 Å². The van der Waals surface area contributed by atoms with E-state index >= 15 is 0 Å². The van der Waals surface area contributed by atoms with Gasteiger partial charge >= 0.3 is 0 Å². The maximum atomic E-state index is 11.7. The molecular formula is C15H13ClN2O2. The number of carbonyl (C=O) groups is 1. The summed E-state index contributed by atoms with van der Waals surface area (Å²) in [5, 5.41) is 12.6. The summed E-state index contributed by atoms with van der Waals surface area (Å²) in [5.41, 5.74) is 7.35. The van der Waals surface area contributed by atoms with Gasteiger partial charge in [-0.2, -0.15) is 0 Å². The van der Waals surface area contributed by atoms with E-state index in [1.54, 1.807) is 30.3 Å². The monoisotopic (exact) mass is 288 g/mol. The Morgan fingerprint density at radius 2 is 1.90 bits per heavy atom. The maximum absolute atomic E-state index is 11.7. The van der Waals surface area contributed by atoms with Gasteiger partial charge in [0, 0.05) is 16.8 Å². The van der Waals surface area contributed by atoms with E-state index in [-0.39, 0.29) is 17.3 Å². The van der Waals surface area contributed by atoms with Crippen molar-refractivity contribution in [3.8, 4) is 5.75 Å². The third-order valence-corrected chi connectivity index (χ3v) is 2.82. The third kappa shape index (κ3) is 3.76. The lowest BCUT2D eigenvalue weighted by Crippen LogP contribution is -2.07. The van der Waals surface area contributed by atoms with E-state index in [9.17, 15) is 9.90 Å². The van der Waals surface area contributed by atoms with Gasteiger partial charge in [0.05, 0.1) is 5.69 Å². The first kappa shape index (κ1) is 14.0. The summed E-state index contributed by atoms with van der Waals surface area (Å²) in [6, 6.07) is 11.5. The second-order valence-corrected chi connectivity index (χ2v) is 4.59. The van der Waals surface area contributed by atoms with E-state index in [1.807, 2.05) is 0 Å². The number of hydrogen-bond donors (Lipinski definition) is 3. The number of nitrogen functional groups attached to an aromatic ring is 1. The Morgan fingerprint density at radius 3 is 2.60 bits per heavy atom. The van der Waals surface area contributed by atoms with Gasteiger partial charge in [0.1, 0.15) is 5.75 Å². The topological polar surface area (TPSA) is 75.4 Å². The molecule has 5 heteroatoms. The van der Waals surface area contributed by atoms with Crippen molar-refractivity contribution in [3.63, 3.8) is 0 Å². The zero-order valence-corrected chi connectivity index (χ0v) is 11.3. The zero-order valence-electron chi connectivity index (χ0n) is 10.5. The van der Waals surface area contributed by atoms with Crippen LogP contribution in [-0.2, 0) is 4.79 Å². The van der Waals surface area contributed by atoms with Crippen LogP contribution in [0, 0.1) is 0 Å². The lowest BCUT2D eigenvalue weighted by atomic mass is 10.2. The largest absolute Gasteiger partial charge is 0.506 e. The number of amides is 1. The molecule has 102 valence electrons. The summed E-state index contributed by atoms with van der Waals surface area (Å²) < 4.78 is 0. The van der Waals surface area contributed by atoms with Crippen LogP contribution in [0.25, 0.3) is 6.08 Å². The minimum atomic E-state index is -0.362. The van der Waals surface area contributed by atoms with Crippen LogP contribution in [0.2, 0.25) is 5.02 Å². The molecule has 0 unspecified atom stereocenters. The van der Waals surface area contributed by atoms with E-state index in [1.165, 1.54) is 24.3 Å². The van der Waals surface area contributed by atoms with E-state index < -0.39 is 0 Å². The molecule has 20 heavy (non-hydrogen) atoms. The molecule has 0 heterocycles. The summed E-state index contributed by atoms with van der Waals surface area (Å²) in [6.07, 6.45) is 3.02. The Kier molecular flexibility index (Phi) is 4.27. The third-order valence-electron chi connectivity index (χ3n) is 2.58. The predicted molar refractivity (Wildman–Crippen MR) is 81.6 cm³/mol. The normalized spacial score (nSPS) is 10.7. The molecule has 2 aromatic carbocycles. The molecule has 0 saturated heterocycles. The quantitative estimate of drug-likeness (QED) is 0.461. The van der Waals surface area contributed by atoms with E-state index in [4.69, 9.17) is 17.3 Å². The highest BCUT2D eigenvalue weighted by molar-refractivity contribution is 6.31. The number of nitrogens with two attached hydrogens (primary N) is 1. The summed E-state index contributed by atoms with van der Waals surface area (Å²) >= 11 is 5.80. The van der Waals surface area contributed by atoms with Gasteiger partial charge in [-0.3, -0.25) is 4.79 Å². The SMILES string of the molecule is Nc1ccc(/C=C/C(=O)Nc2cc(Cl)ccc2O)cc1. The molecule has 0 fully saturated rings. The van der Waals surface area contributed by atoms with Crippen LogP contribution >= 0.6 is 11.6 Å². The van der Waals surface area contributed by atoms with Gasteiger partial charge in [-0.15, -0.1) is 0 Å². The first-order valence-electron chi connectivity index (χ1n) is 5.88. The Balaban J connectivity index is 2.05. The fraction of sp³-hybridized carbons (Fsp3) is 0. The zero-order chi connectivity index (χ0) is 14.5. The molecule has 2 rings (SSSR count). The number of benzene rings is 2. The van der Waals surface area contributed by atoms with Crippen molar-refractivity contribution in [2.45, 2.75) is 0 Å². The Hall–Kier alpha value is -2.46. The first-order chi connectivity index (χ1) is 9.54. The van der Waals surface area contributed by atoms with Gasteiger partial charge in [-0.05, 0) is 42.0 Å². The van der Waals surface area contributed by atoms with Crippen LogP contribution in [0.15, 0.2) is 48.5 Å². The van der Waals surface area contributed by atoms with Gasteiger partial charge in [0.25, 0.3) is 0 Å². The molecule has 0 saturated carbocycles. The molecule has 0 aromatic heterocycles. The van der Waals surface area contributed by atoms with Gasteiger partial charge in [0.2, 0.25) is 5.91 Å². The van der Waals surface area contributed by atoms with Crippen LogP contribution in [-0.4, -0.2) is 11.0 Å². The van der Waals surface area contributed by atoms with Crippen LogP contribution < -0.4 is 11.1 Å². The van der Waals surface area contributed by atoms with Crippen molar-refractivity contribution in [3.05, 3.63) is 59.1 Å². The molecule has 2 aromatic rings. The molecule has 0 aliphatic carbocycles. The molecule has 4 N–H and O–H groups in total. The molecule has 4 nitrogen and oxygen atoms in total. The number of phenols is 1. The lowest BCUT2D eigenvalue weighted by Gasteiger charge is -2.05. The highest BCUT2D eigenvalue weighted by Crippen LogP contribution is 2.26. The van der Waals surface area contributed by atoms with Crippen molar-refractivity contribution in [2.75, 3.05) is 11.1 Å². The summed E-state index contributed by atoms with van der Waals surface area (Å²) in [7, 11) is 0. The molecule has 0 atom stereocenters. The second-order valence-electron chi connectivity index (χ2n) is 4.15. The number of hydrogen-bond acceptors (Lipinski definition) is 3. The smallest absolute Gasteiger partial charge is 0.248 e. The van der Waals surface area contributed by atoms with Crippen LogP contribution in [0.4, 0.5) is 11.4 Å². The predicted octanol–water partition coefficient (Wildman–Crippen LogP) is 3.28. The summed E-state index contributed by atoms with van der Waals surface area (Å²) in [6.45, 7) is 0. The number of halogens is 1. The molecule has 0 bridgehead atoms. The van der Waals surface area contributed by atoms with Crippen molar-refractivity contribution in [1.82, 2.24) is 0 Å². The number of carbonyl (C=O) groups excluding carboxylic acids is 1. The number of aromatic hydroxyl groups is 1. The fourth-order valence-electron chi connectivity index (χ4n) is 1.56. The summed E-state index contributed by atoms with van der Waals surface area (Å²) in [5.74, 6) is -0.400. The van der Waals surface area contributed by atoms with Gasteiger partial charge in [-0.25, -0.2) is 0 Å². The number of rotatable bonds is 3. The average molecular weight is 289 g/mol. The first-order valence-corrected chi connectivity index (χ1v) is 6.25. The molecule has 0 spiro atoms. The van der Waals surface area contributed by atoms with Gasteiger partial charge < -0.3 is 16.2 Å². The van der Waals surface area contributed by atoms with Crippen molar-refractivity contribution in [2.24, 2.45) is 0 Å². The maximum Gasteiger partial charge on any atom is 0.248 e. The van der Waals surface area contributed by atoms with Crippen LogP contribution in [0.3, 0.4) is 0 Å².